The summed E-state index contributed by atoms with van der Waals surface area (Å²) in [4.78, 5) is 23.9. The lowest BCUT2D eigenvalue weighted by molar-refractivity contribution is -0.149. The van der Waals surface area contributed by atoms with Gasteiger partial charge in [-0.1, -0.05) is 0 Å². The van der Waals surface area contributed by atoms with Crippen LogP contribution in [0.5, 0.6) is 0 Å². The van der Waals surface area contributed by atoms with Crippen molar-refractivity contribution in [2.75, 3.05) is 26.3 Å². The molecule has 2 aliphatic heterocycles. The van der Waals surface area contributed by atoms with E-state index >= 15 is 0 Å². The van der Waals surface area contributed by atoms with Crippen molar-refractivity contribution in [3.8, 4) is 0 Å². The molecule has 2 heterocycles. The summed E-state index contributed by atoms with van der Waals surface area (Å²) in [7, 11) is 0. The molecule has 90 valence electrons. The van der Waals surface area contributed by atoms with Crippen molar-refractivity contribution in [3.63, 3.8) is 0 Å². The van der Waals surface area contributed by atoms with Gasteiger partial charge in [0.05, 0.1) is 13.2 Å². The molecule has 0 radical (unpaired) electrons. The molecule has 0 spiro atoms. The molecule has 0 aromatic heterocycles. The Hall–Kier alpha value is -1.14. The number of carbonyl (C=O) groups excluding carboxylic acids is 1. The van der Waals surface area contributed by atoms with E-state index in [9.17, 15) is 9.59 Å². The second-order valence-corrected chi connectivity index (χ2v) is 4.23. The zero-order chi connectivity index (χ0) is 11.5. The number of rotatable bonds is 3. The highest BCUT2D eigenvalue weighted by Gasteiger charge is 2.32. The van der Waals surface area contributed by atoms with Gasteiger partial charge in [0.15, 0.2) is 0 Å². The van der Waals surface area contributed by atoms with Crippen LogP contribution in [0.3, 0.4) is 0 Å². The van der Waals surface area contributed by atoms with Crippen molar-refractivity contribution in [2.45, 2.75) is 24.9 Å². The van der Waals surface area contributed by atoms with E-state index in [1.165, 1.54) is 0 Å². The molecule has 1 amide bonds. The van der Waals surface area contributed by atoms with Gasteiger partial charge in [0.2, 0.25) is 5.91 Å². The van der Waals surface area contributed by atoms with Crippen LogP contribution in [-0.2, 0) is 14.3 Å². The average Bonchev–Trinajstić information content (AvgIpc) is 2.64. The molecule has 2 unspecified atom stereocenters. The average molecular weight is 228 g/mol. The highest BCUT2D eigenvalue weighted by Crippen LogP contribution is 2.13. The number of morpholine rings is 1. The third kappa shape index (κ3) is 2.51. The largest absolute Gasteiger partial charge is 0.480 e. The van der Waals surface area contributed by atoms with E-state index in [1.807, 2.05) is 4.90 Å². The molecule has 0 bridgehead atoms. The summed E-state index contributed by atoms with van der Waals surface area (Å²) in [6.07, 6.45) is 1.34. The van der Waals surface area contributed by atoms with Crippen LogP contribution >= 0.6 is 0 Å². The lowest BCUT2D eigenvalue weighted by Gasteiger charge is -2.34. The molecule has 2 rings (SSSR count). The number of aliphatic carboxylic acids is 1. The van der Waals surface area contributed by atoms with Gasteiger partial charge in [-0.15, -0.1) is 0 Å². The Balaban J connectivity index is 1.91. The number of ether oxygens (including phenoxy) is 1. The predicted molar refractivity (Wildman–Crippen MR) is 55.0 cm³/mol. The van der Waals surface area contributed by atoms with Crippen LogP contribution in [0.25, 0.3) is 0 Å². The zero-order valence-corrected chi connectivity index (χ0v) is 9.02. The monoisotopic (exact) mass is 228 g/mol. The summed E-state index contributed by atoms with van der Waals surface area (Å²) >= 11 is 0. The third-order valence-corrected chi connectivity index (χ3v) is 3.06. The fraction of sp³-hybridized carbons (Fsp3) is 0.800. The van der Waals surface area contributed by atoms with E-state index in [0.29, 0.717) is 26.1 Å². The fourth-order valence-electron chi connectivity index (χ4n) is 2.18. The number of nitrogens with zero attached hydrogens (tertiary/aromatic N) is 1. The van der Waals surface area contributed by atoms with Crippen LogP contribution in [0.15, 0.2) is 0 Å². The minimum Gasteiger partial charge on any atom is -0.480 e. The van der Waals surface area contributed by atoms with Gasteiger partial charge in [-0.3, -0.25) is 14.5 Å². The van der Waals surface area contributed by atoms with Crippen molar-refractivity contribution in [3.05, 3.63) is 0 Å². The molecule has 0 saturated carbocycles. The molecule has 0 aliphatic carbocycles. The molecule has 0 aromatic rings. The maximum atomic E-state index is 11.0. The Morgan fingerprint density at radius 2 is 2.44 bits per heavy atom. The van der Waals surface area contributed by atoms with Crippen LogP contribution in [-0.4, -0.2) is 60.3 Å². The van der Waals surface area contributed by atoms with Crippen LogP contribution in [0.1, 0.15) is 12.8 Å². The lowest BCUT2D eigenvalue weighted by Crippen LogP contribution is -2.53. The van der Waals surface area contributed by atoms with Gasteiger partial charge < -0.3 is 15.2 Å². The Morgan fingerprint density at radius 3 is 3.06 bits per heavy atom. The molecule has 2 fully saturated rings. The summed E-state index contributed by atoms with van der Waals surface area (Å²) in [6.45, 7) is 2.01. The smallest absolute Gasteiger partial charge is 0.323 e. The first kappa shape index (κ1) is 11.3. The van der Waals surface area contributed by atoms with E-state index in [-0.39, 0.29) is 18.6 Å². The predicted octanol–water partition coefficient (Wildman–Crippen LogP) is -0.950. The first-order valence-electron chi connectivity index (χ1n) is 5.51. The molecule has 2 atom stereocenters. The molecule has 2 aliphatic rings. The topological polar surface area (TPSA) is 78.9 Å². The van der Waals surface area contributed by atoms with E-state index < -0.39 is 12.0 Å². The summed E-state index contributed by atoms with van der Waals surface area (Å²) in [5, 5.41) is 11.9. The number of nitrogens with one attached hydrogen (secondary N) is 1. The minimum absolute atomic E-state index is 0.0603. The summed E-state index contributed by atoms with van der Waals surface area (Å²) < 4.78 is 5.15. The molecule has 6 heteroatoms. The quantitative estimate of drug-likeness (QED) is 0.651. The Kier molecular flexibility index (Phi) is 3.40. The van der Waals surface area contributed by atoms with Crippen LogP contribution in [0.4, 0.5) is 0 Å². The van der Waals surface area contributed by atoms with E-state index in [1.54, 1.807) is 0 Å². The lowest BCUT2D eigenvalue weighted by atomic mass is 10.1. The molecule has 6 nitrogen and oxygen atoms in total. The van der Waals surface area contributed by atoms with Crippen molar-refractivity contribution < 1.29 is 19.4 Å². The number of carboxylic acids is 1. The highest BCUT2D eigenvalue weighted by atomic mass is 16.5. The summed E-state index contributed by atoms with van der Waals surface area (Å²) in [5.41, 5.74) is 0. The van der Waals surface area contributed by atoms with Crippen LogP contribution in [0, 0.1) is 0 Å². The first-order valence-corrected chi connectivity index (χ1v) is 5.51. The Morgan fingerprint density at radius 1 is 1.62 bits per heavy atom. The SMILES string of the molecule is O=C1CCC(CN2CCOCC2C(=O)O)N1. The molecular weight excluding hydrogens is 212 g/mol. The Labute approximate surface area is 93.6 Å². The van der Waals surface area contributed by atoms with E-state index in [4.69, 9.17) is 9.84 Å². The number of carbonyl (C=O) groups is 2. The Bertz CT molecular complexity index is 295. The van der Waals surface area contributed by atoms with Gasteiger partial charge in [-0.25, -0.2) is 0 Å². The standard InChI is InChI=1S/C10H16N2O4/c13-9-2-1-7(11-9)5-12-3-4-16-6-8(12)10(14)15/h7-8H,1-6H2,(H,11,13)(H,14,15). The van der Waals surface area contributed by atoms with Crippen molar-refractivity contribution in [2.24, 2.45) is 0 Å². The maximum absolute atomic E-state index is 11.0. The highest BCUT2D eigenvalue weighted by molar-refractivity contribution is 5.78. The van der Waals surface area contributed by atoms with Gasteiger partial charge in [-0.05, 0) is 6.42 Å². The van der Waals surface area contributed by atoms with Crippen molar-refractivity contribution in [1.29, 1.82) is 0 Å². The maximum Gasteiger partial charge on any atom is 0.323 e. The van der Waals surface area contributed by atoms with Crippen molar-refractivity contribution in [1.82, 2.24) is 10.2 Å². The molecule has 2 N–H and O–H groups in total. The fourth-order valence-corrected chi connectivity index (χ4v) is 2.18. The molecule has 16 heavy (non-hydrogen) atoms. The van der Waals surface area contributed by atoms with Crippen molar-refractivity contribution >= 4 is 11.9 Å². The zero-order valence-electron chi connectivity index (χ0n) is 9.02. The summed E-state index contributed by atoms with van der Waals surface area (Å²) in [5.74, 6) is -0.797. The van der Waals surface area contributed by atoms with Crippen LogP contribution < -0.4 is 5.32 Å². The van der Waals surface area contributed by atoms with Gasteiger partial charge in [0, 0.05) is 25.6 Å². The number of hydrogen-bond donors (Lipinski definition) is 2. The van der Waals surface area contributed by atoms with Gasteiger partial charge in [-0.2, -0.15) is 0 Å². The number of amides is 1. The normalized spacial score (nSPS) is 31.4. The number of hydrogen-bond acceptors (Lipinski definition) is 4. The third-order valence-electron chi connectivity index (χ3n) is 3.06. The summed E-state index contributed by atoms with van der Waals surface area (Å²) in [6, 6.07) is -0.487. The van der Waals surface area contributed by atoms with Crippen LogP contribution in [0.2, 0.25) is 0 Å². The molecule has 2 saturated heterocycles. The van der Waals surface area contributed by atoms with Gasteiger partial charge in [0.1, 0.15) is 6.04 Å². The second-order valence-electron chi connectivity index (χ2n) is 4.23. The van der Waals surface area contributed by atoms with E-state index in [0.717, 1.165) is 6.42 Å². The second kappa shape index (κ2) is 4.80. The van der Waals surface area contributed by atoms with Gasteiger partial charge in [0.25, 0.3) is 0 Å². The van der Waals surface area contributed by atoms with Gasteiger partial charge >= 0.3 is 5.97 Å². The van der Waals surface area contributed by atoms with E-state index in [2.05, 4.69) is 5.32 Å². The molecule has 0 aromatic carbocycles. The minimum atomic E-state index is -0.857. The first-order chi connectivity index (χ1) is 7.66. The number of carboxylic acid groups (broad SMARTS) is 1. The molecular formula is C10H16N2O4.